The molecule has 2 nitrogen and oxygen atoms in total. The minimum Gasteiger partial charge on any atom is -0.298 e. The maximum Gasteiger partial charge on any atom is 0.150 e. The maximum atomic E-state index is 11.1. The molecule has 0 aliphatic heterocycles. The first-order chi connectivity index (χ1) is 8.58. The smallest absolute Gasteiger partial charge is 0.150 e. The molecule has 92 valence electrons. The lowest BCUT2D eigenvalue weighted by Crippen LogP contribution is -1.85. The molecule has 2 aliphatic carbocycles. The third kappa shape index (κ3) is 1.94. The summed E-state index contributed by atoms with van der Waals surface area (Å²) in [5, 5.41) is 0. The molecule has 0 bridgehead atoms. The van der Waals surface area contributed by atoms with E-state index in [1.165, 1.54) is 5.56 Å². The molecule has 0 N–H and O–H groups in total. The minimum absolute atomic E-state index is 0.383. The number of carbonyl (C=O) groups excluding carboxylic acids is 2. The van der Waals surface area contributed by atoms with E-state index in [1.54, 1.807) is 6.07 Å². The van der Waals surface area contributed by atoms with E-state index in [-0.39, 0.29) is 0 Å². The normalized spacial score (nSPS) is 10.9. The highest BCUT2D eigenvalue weighted by Crippen LogP contribution is 2.34. The molecular formula is C16H16O2. The van der Waals surface area contributed by atoms with E-state index < -0.39 is 0 Å². The predicted octanol–water partition coefficient (Wildman–Crippen LogP) is 3.85. The zero-order chi connectivity index (χ0) is 13.3. The van der Waals surface area contributed by atoms with Gasteiger partial charge in [0.1, 0.15) is 0 Å². The van der Waals surface area contributed by atoms with Crippen molar-refractivity contribution in [2.75, 3.05) is 0 Å². The van der Waals surface area contributed by atoms with Crippen molar-refractivity contribution in [2.24, 2.45) is 0 Å². The minimum atomic E-state index is 0.383. The average Bonchev–Trinajstić information content (AvgIpc) is 2.61. The standard InChI is InChI=1S/C16H16O2/c1-10(2)12-5-4-11(3)16-14(9-18)6-13(8-17)15(16)7-12/h4-10H,1-3H3. The summed E-state index contributed by atoms with van der Waals surface area (Å²) >= 11 is 0. The lowest BCUT2D eigenvalue weighted by atomic mass is 10.0. The fourth-order valence-electron chi connectivity index (χ4n) is 2.28. The Morgan fingerprint density at radius 3 is 2.22 bits per heavy atom. The van der Waals surface area contributed by atoms with Crippen molar-refractivity contribution >= 4 is 12.6 Å². The number of fused-ring (bicyclic) bond motifs is 1. The Morgan fingerprint density at radius 1 is 1.00 bits per heavy atom. The van der Waals surface area contributed by atoms with Gasteiger partial charge in [-0.15, -0.1) is 0 Å². The van der Waals surface area contributed by atoms with E-state index in [9.17, 15) is 9.59 Å². The first-order valence-electron chi connectivity index (χ1n) is 6.06. The molecule has 0 unspecified atom stereocenters. The highest BCUT2D eigenvalue weighted by atomic mass is 16.1. The Hall–Kier alpha value is -1.96. The molecule has 0 radical (unpaired) electrons. The lowest BCUT2D eigenvalue weighted by molar-refractivity contribution is 0.112. The Labute approximate surface area is 107 Å². The molecule has 18 heavy (non-hydrogen) atoms. The number of carbonyl (C=O) groups is 2. The molecule has 0 atom stereocenters. The van der Waals surface area contributed by atoms with Crippen LogP contribution in [0.25, 0.3) is 11.1 Å². The summed E-state index contributed by atoms with van der Waals surface area (Å²) < 4.78 is 0. The fraction of sp³-hybridized carbons (Fsp3) is 0.250. The highest BCUT2D eigenvalue weighted by molar-refractivity contribution is 6.00. The number of hydrogen-bond acceptors (Lipinski definition) is 2. The van der Waals surface area contributed by atoms with Crippen molar-refractivity contribution in [2.45, 2.75) is 26.7 Å². The van der Waals surface area contributed by atoms with Crippen LogP contribution < -0.4 is 0 Å². The van der Waals surface area contributed by atoms with Gasteiger partial charge in [-0.2, -0.15) is 0 Å². The molecule has 2 rings (SSSR count). The SMILES string of the molecule is Cc1ccc(C(C)C)cc2c(C=O)cc(C=O)c1-2. The summed E-state index contributed by atoms with van der Waals surface area (Å²) in [5.41, 5.74) is 5.13. The molecule has 0 aromatic heterocycles. The largest absolute Gasteiger partial charge is 0.298 e. The molecule has 0 saturated carbocycles. The summed E-state index contributed by atoms with van der Waals surface area (Å²) in [4.78, 5) is 22.2. The summed E-state index contributed by atoms with van der Waals surface area (Å²) in [6.45, 7) is 6.19. The van der Waals surface area contributed by atoms with E-state index in [0.29, 0.717) is 17.0 Å². The monoisotopic (exact) mass is 240 g/mol. The van der Waals surface area contributed by atoms with Crippen molar-refractivity contribution in [1.82, 2.24) is 0 Å². The van der Waals surface area contributed by atoms with Gasteiger partial charge in [0.05, 0.1) is 0 Å². The van der Waals surface area contributed by atoms with Crippen LogP contribution in [0, 0.1) is 6.92 Å². The summed E-state index contributed by atoms with van der Waals surface area (Å²) in [6, 6.07) is 7.76. The van der Waals surface area contributed by atoms with Gasteiger partial charge in [-0.3, -0.25) is 9.59 Å². The Balaban J connectivity index is 2.83. The van der Waals surface area contributed by atoms with Gasteiger partial charge >= 0.3 is 0 Å². The Morgan fingerprint density at radius 2 is 1.67 bits per heavy atom. The third-order valence-corrected chi connectivity index (χ3v) is 3.33. The first kappa shape index (κ1) is 12.5. The maximum absolute atomic E-state index is 11.1. The molecule has 0 aromatic carbocycles. The number of aryl methyl sites for hydroxylation is 1. The van der Waals surface area contributed by atoms with Crippen molar-refractivity contribution < 1.29 is 9.59 Å². The fourth-order valence-corrected chi connectivity index (χ4v) is 2.28. The molecule has 0 spiro atoms. The summed E-state index contributed by atoms with van der Waals surface area (Å²) in [5.74, 6) is 0.383. The zero-order valence-electron chi connectivity index (χ0n) is 10.9. The predicted molar refractivity (Wildman–Crippen MR) is 72.7 cm³/mol. The molecule has 0 saturated heterocycles. The van der Waals surface area contributed by atoms with Gasteiger partial charge in [0, 0.05) is 11.1 Å². The van der Waals surface area contributed by atoms with E-state index in [2.05, 4.69) is 19.9 Å². The van der Waals surface area contributed by atoms with Crippen LogP contribution >= 0.6 is 0 Å². The molecule has 2 heteroatoms. The van der Waals surface area contributed by atoms with E-state index in [4.69, 9.17) is 0 Å². The second-order valence-electron chi connectivity index (χ2n) is 4.89. The van der Waals surface area contributed by atoms with Gasteiger partial charge in [0.2, 0.25) is 0 Å². The Kier molecular flexibility index (Phi) is 3.28. The van der Waals surface area contributed by atoms with Crippen LogP contribution in [0.5, 0.6) is 0 Å². The second-order valence-corrected chi connectivity index (χ2v) is 4.89. The zero-order valence-corrected chi connectivity index (χ0v) is 10.9. The lowest BCUT2D eigenvalue weighted by Gasteiger charge is -2.03. The van der Waals surface area contributed by atoms with Gasteiger partial charge in [-0.1, -0.05) is 32.0 Å². The number of hydrogen-bond donors (Lipinski definition) is 0. The van der Waals surface area contributed by atoms with Crippen molar-refractivity contribution in [3.8, 4) is 11.1 Å². The van der Waals surface area contributed by atoms with Crippen molar-refractivity contribution in [1.29, 1.82) is 0 Å². The van der Waals surface area contributed by atoms with Crippen LogP contribution in [0.2, 0.25) is 0 Å². The van der Waals surface area contributed by atoms with Gasteiger partial charge in [-0.05, 0) is 41.2 Å². The average molecular weight is 240 g/mol. The van der Waals surface area contributed by atoms with Gasteiger partial charge in [-0.25, -0.2) is 0 Å². The van der Waals surface area contributed by atoms with Crippen molar-refractivity contribution in [3.05, 3.63) is 46.5 Å². The van der Waals surface area contributed by atoms with Gasteiger partial charge < -0.3 is 0 Å². The van der Waals surface area contributed by atoms with Crippen LogP contribution in [0.4, 0.5) is 0 Å². The van der Waals surface area contributed by atoms with Gasteiger partial charge in [0.25, 0.3) is 0 Å². The molecule has 0 fully saturated rings. The van der Waals surface area contributed by atoms with Crippen LogP contribution in [-0.2, 0) is 0 Å². The van der Waals surface area contributed by atoms with E-state index >= 15 is 0 Å². The van der Waals surface area contributed by atoms with Crippen LogP contribution in [-0.4, -0.2) is 12.6 Å². The molecule has 0 heterocycles. The second kappa shape index (κ2) is 4.73. The summed E-state index contributed by atoms with van der Waals surface area (Å²) in [6.07, 6.45) is 1.64. The Bertz CT molecular complexity index is 582. The van der Waals surface area contributed by atoms with Crippen LogP contribution in [0.1, 0.15) is 51.6 Å². The first-order valence-corrected chi connectivity index (χ1v) is 6.06. The number of aldehydes is 2. The van der Waals surface area contributed by atoms with Gasteiger partial charge in [0.15, 0.2) is 12.6 Å². The number of rotatable bonds is 3. The highest BCUT2D eigenvalue weighted by Gasteiger charge is 2.17. The molecule has 2 aliphatic rings. The molecular weight excluding hydrogens is 224 g/mol. The topological polar surface area (TPSA) is 34.1 Å². The van der Waals surface area contributed by atoms with E-state index in [1.807, 2.05) is 19.1 Å². The summed E-state index contributed by atoms with van der Waals surface area (Å²) in [7, 11) is 0. The van der Waals surface area contributed by atoms with E-state index in [0.717, 1.165) is 29.3 Å². The third-order valence-electron chi connectivity index (χ3n) is 3.33. The molecule has 0 aromatic rings. The van der Waals surface area contributed by atoms with Crippen LogP contribution in [0.15, 0.2) is 24.3 Å². The van der Waals surface area contributed by atoms with Crippen molar-refractivity contribution in [3.63, 3.8) is 0 Å². The molecule has 0 amide bonds. The quantitative estimate of drug-likeness (QED) is 0.764. The van der Waals surface area contributed by atoms with Crippen LogP contribution in [0.3, 0.4) is 0 Å².